The summed E-state index contributed by atoms with van der Waals surface area (Å²) in [5.41, 5.74) is 10.2. The number of nitrogen functional groups attached to an aromatic ring is 1. The molecule has 0 radical (unpaired) electrons. The van der Waals surface area contributed by atoms with Gasteiger partial charge < -0.3 is 11.1 Å². The lowest BCUT2D eigenvalue weighted by Crippen LogP contribution is -2.02. The third-order valence-electron chi connectivity index (χ3n) is 4.69. The van der Waals surface area contributed by atoms with Crippen LogP contribution >= 0.6 is 11.8 Å². The summed E-state index contributed by atoms with van der Waals surface area (Å²) in [5.74, 6) is 0.608. The number of rotatable bonds is 7. The molecular weight excluding hydrogens is 378 g/mol. The first-order chi connectivity index (χ1) is 14.2. The Morgan fingerprint density at radius 3 is 2.62 bits per heavy atom. The summed E-state index contributed by atoms with van der Waals surface area (Å²) in [7, 11) is 0. The number of hydrogen-bond donors (Lipinski definition) is 2. The van der Waals surface area contributed by atoms with Gasteiger partial charge in [-0.1, -0.05) is 55.4 Å². The van der Waals surface area contributed by atoms with Gasteiger partial charge in [-0.25, -0.2) is 9.97 Å². The minimum atomic E-state index is 0.528. The molecule has 2 aromatic heterocycles. The number of aryl methyl sites for hydroxylation is 1. The number of nitrogens with zero attached hydrogens (tertiary/aromatic N) is 3. The zero-order valence-electron chi connectivity index (χ0n) is 16.3. The lowest BCUT2D eigenvalue weighted by atomic mass is 10.1. The molecule has 3 N–H and O–H groups in total. The van der Waals surface area contributed by atoms with Crippen LogP contribution in [0.4, 0.5) is 17.2 Å². The maximum Gasteiger partial charge on any atom is 0.158 e. The second-order valence-corrected chi connectivity index (χ2v) is 7.83. The Hall–Kier alpha value is -3.12. The smallest absolute Gasteiger partial charge is 0.158 e. The van der Waals surface area contributed by atoms with Gasteiger partial charge >= 0.3 is 0 Å². The van der Waals surface area contributed by atoms with Gasteiger partial charge in [-0.15, -0.1) is 0 Å². The first kappa shape index (κ1) is 19.2. The molecule has 2 aromatic carbocycles. The highest BCUT2D eigenvalue weighted by atomic mass is 32.2. The van der Waals surface area contributed by atoms with E-state index < -0.39 is 0 Å². The van der Waals surface area contributed by atoms with Gasteiger partial charge in [-0.3, -0.25) is 4.98 Å². The SMILES string of the molecule is CCCCc1ccc(Nc2ncnc(Sc3cccc4cccnc34)c2N)cc1. The largest absolute Gasteiger partial charge is 0.394 e. The van der Waals surface area contributed by atoms with Gasteiger partial charge in [-0.05, 0) is 42.7 Å². The van der Waals surface area contributed by atoms with Crippen LogP contribution in [0.1, 0.15) is 25.3 Å². The van der Waals surface area contributed by atoms with Crippen LogP contribution in [0.2, 0.25) is 0 Å². The molecule has 6 heteroatoms. The molecule has 0 aliphatic heterocycles. The Balaban J connectivity index is 1.56. The maximum atomic E-state index is 6.39. The molecule has 0 saturated heterocycles. The number of nitrogens with one attached hydrogen (secondary N) is 1. The third-order valence-corrected chi connectivity index (χ3v) is 5.75. The van der Waals surface area contributed by atoms with Crippen molar-refractivity contribution in [1.82, 2.24) is 15.0 Å². The van der Waals surface area contributed by atoms with E-state index in [-0.39, 0.29) is 0 Å². The Morgan fingerprint density at radius 1 is 0.966 bits per heavy atom. The molecule has 0 amide bonds. The summed E-state index contributed by atoms with van der Waals surface area (Å²) in [6, 6.07) is 18.5. The van der Waals surface area contributed by atoms with Gasteiger partial charge in [0.2, 0.25) is 0 Å². The van der Waals surface area contributed by atoms with Crippen molar-refractivity contribution < 1.29 is 0 Å². The number of benzene rings is 2. The van der Waals surface area contributed by atoms with Crippen molar-refractivity contribution in [2.24, 2.45) is 0 Å². The minimum absolute atomic E-state index is 0.528. The van der Waals surface area contributed by atoms with Gasteiger partial charge in [0, 0.05) is 22.2 Å². The lowest BCUT2D eigenvalue weighted by molar-refractivity contribution is 0.795. The van der Waals surface area contributed by atoms with E-state index in [2.05, 4.69) is 51.5 Å². The average Bonchev–Trinajstić information content (AvgIpc) is 2.76. The van der Waals surface area contributed by atoms with Crippen molar-refractivity contribution in [2.75, 3.05) is 11.1 Å². The lowest BCUT2D eigenvalue weighted by Gasteiger charge is -2.12. The number of pyridine rings is 1. The highest BCUT2D eigenvalue weighted by molar-refractivity contribution is 7.99. The second kappa shape index (κ2) is 8.92. The number of hydrogen-bond acceptors (Lipinski definition) is 6. The monoisotopic (exact) mass is 401 g/mol. The Kier molecular flexibility index (Phi) is 5.91. The molecule has 0 aliphatic rings. The van der Waals surface area contributed by atoms with Crippen LogP contribution in [0.15, 0.2) is 77.0 Å². The molecule has 0 saturated carbocycles. The van der Waals surface area contributed by atoms with Crippen molar-refractivity contribution >= 4 is 39.9 Å². The zero-order chi connectivity index (χ0) is 20.1. The first-order valence-corrected chi connectivity index (χ1v) is 10.5. The van der Waals surface area contributed by atoms with E-state index in [0.29, 0.717) is 16.5 Å². The van der Waals surface area contributed by atoms with Crippen molar-refractivity contribution in [1.29, 1.82) is 0 Å². The van der Waals surface area contributed by atoms with Gasteiger partial charge in [0.05, 0.1) is 5.52 Å². The molecule has 0 spiro atoms. The highest BCUT2D eigenvalue weighted by Gasteiger charge is 2.12. The van der Waals surface area contributed by atoms with Crippen LogP contribution in [0.3, 0.4) is 0 Å². The standard InChI is InChI=1S/C23H23N5S/c1-2-3-6-16-10-12-18(13-11-16)28-22-20(24)23(27-15-26-22)29-19-9-4-7-17-8-5-14-25-21(17)19/h4-5,7-15H,2-3,6,24H2,1H3,(H,26,27,28). The zero-order valence-corrected chi connectivity index (χ0v) is 17.1. The summed E-state index contributed by atoms with van der Waals surface area (Å²) in [5, 5.41) is 5.11. The van der Waals surface area contributed by atoms with Crippen LogP contribution in [0, 0.1) is 0 Å². The number of para-hydroxylation sites is 1. The topological polar surface area (TPSA) is 76.7 Å². The second-order valence-electron chi connectivity index (χ2n) is 6.80. The maximum absolute atomic E-state index is 6.39. The fourth-order valence-corrected chi connectivity index (χ4v) is 4.02. The molecule has 4 rings (SSSR count). The minimum Gasteiger partial charge on any atom is -0.394 e. The molecular formula is C23H23N5S. The van der Waals surface area contributed by atoms with Gasteiger partial charge in [-0.2, -0.15) is 0 Å². The van der Waals surface area contributed by atoms with Crippen molar-refractivity contribution in [3.05, 3.63) is 72.7 Å². The molecule has 29 heavy (non-hydrogen) atoms. The van der Waals surface area contributed by atoms with E-state index in [1.165, 1.54) is 36.5 Å². The fourth-order valence-electron chi connectivity index (χ4n) is 3.10. The van der Waals surface area contributed by atoms with Crippen molar-refractivity contribution in [3.63, 3.8) is 0 Å². The summed E-state index contributed by atoms with van der Waals surface area (Å²) in [4.78, 5) is 14.2. The summed E-state index contributed by atoms with van der Waals surface area (Å²) < 4.78 is 0. The van der Waals surface area contributed by atoms with Crippen LogP contribution in [-0.2, 0) is 6.42 Å². The molecule has 4 aromatic rings. The van der Waals surface area contributed by atoms with E-state index >= 15 is 0 Å². The summed E-state index contributed by atoms with van der Waals surface area (Å²) in [6.07, 6.45) is 6.84. The molecule has 2 heterocycles. The third kappa shape index (κ3) is 4.49. The molecule has 0 bridgehead atoms. The molecule has 146 valence electrons. The molecule has 0 unspecified atom stereocenters. The van der Waals surface area contributed by atoms with Gasteiger partial charge in [0.1, 0.15) is 17.0 Å². The molecule has 0 atom stereocenters. The fraction of sp³-hybridized carbons (Fsp3) is 0.174. The van der Waals surface area contributed by atoms with E-state index in [1.807, 2.05) is 30.3 Å². The number of anilines is 3. The first-order valence-electron chi connectivity index (χ1n) is 9.72. The van der Waals surface area contributed by atoms with E-state index in [1.54, 1.807) is 6.20 Å². The Morgan fingerprint density at radius 2 is 1.79 bits per heavy atom. The van der Waals surface area contributed by atoms with Crippen LogP contribution in [0.5, 0.6) is 0 Å². The van der Waals surface area contributed by atoms with Gasteiger partial charge in [0.25, 0.3) is 0 Å². The van der Waals surface area contributed by atoms with Crippen molar-refractivity contribution in [2.45, 2.75) is 36.1 Å². The number of unbranched alkanes of at least 4 members (excludes halogenated alkanes) is 1. The molecule has 5 nitrogen and oxygen atoms in total. The van der Waals surface area contributed by atoms with E-state index in [0.717, 1.165) is 27.9 Å². The average molecular weight is 402 g/mol. The quantitative estimate of drug-likeness (QED) is 0.379. The molecule has 0 fully saturated rings. The van der Waals surface area contributed by atoms with Crippen molar-refractivity contribution in [3.8, 4) is 0 Å². The predicted molar refractivity (Wildman–Crippen MR) is 121 cm³/mol. The van der Waals surface area contributed by atoms with Crippen LogP contribution in [-0.4, -0.2) is 15.0 Å². The summed E-state index contributed by atoms with van der Waals surface area (Å²) in [6.45, 7) is 2.21. The number of aromatic nitrogens is 3. The summed E-state index contributed by atoms with van der Waals surface area (Å²) >= 11 is 1.50. The molecule has 0 aliphatic carbocycles. The Bertz CT molecular complexity index is 1110. The van der Waals surface area contributed by atoms with Crippen LogP contribution < -0.4 is 11.1 Å². The number of nitrogens with two attached hydrogens (primary N) is 1. The van der Waals surface area contributed by atoms with E-state index in [4.69, 9.17) is 5.73 Å². The number of fused-ring (bicyclic) bond motifs is 1. The normalized spacial score (nSPS) is 10.9. The Labute approximate surface area is 174 Å². The van der Waals surface area contributed by atoms with Crippen LogP contribution in [0.25, 0.3) is 10.9 Å². The van der Waals surface area contributed by atoms with Gasteiger partial charge in [0.15, 0.2) is 5.82 Å². The highest BCUT2D eigenvalue weighted by Crippen LogP contribution is 2.36. The predicted octanol–water partition coefficient (Wildman–Crippen LogP) is 5.84. The van der Waals surface area contributed by atoms with E-state index in [9.17, 15) is 0 Å².